The number of fused-ring (bicyclic) bond motifs is 2. The van der Waals surface area contributed by atoms with Crippen LogP contribution in [0.25, 0.3) is 0 Å². The minimum absolute atomic E-state index is 0.0161. The molecule has 6 nitrogen and oxygen atoms in total. The first-order valence-electron chi connectivity index (χ1n) is 12.1. The summed E-state index contributed by atoms with van der Waals surface area (Å²) in [7, 11) is 5.43. The minimum atomic E-state index is -0.540. The fourth-order valence-electron chi connectivity index (χ4n) is 10.8. The smallest absolute Gasteiger partial charge is 0.0827 e. The molecule has 2 N–H and O–H groups in total. The van der Waals surface area contributed by atoms with Crippen LogP contribution >= 0.6 is 0 Å². The van der Waals surface area contributed by atoms with E-state index in [9.17, 15) is 10.2 Å². The van der Waals surface area contributed by atoms with Gasteiger partial charge in [0.15, 0.2) is 0 Å². The first-order chi connectivity index (χ1) is 14.4. The predicted molar refractivity (Wildman–Crippen MR) is 111 cm³/mol. The molecule has 1 heterocycles. The largest absolute Gasteiger partial charge is 0.392 e. The lowest BCUT2D eigenvalue weighted by Crippen LogP contribution is -2.76. The number of methoxy groups -OCH3 is 3. The van der Waals surface area contributed by atoms with Crippen molar-refractivity contribution in [3.63, 3.8) is 0 Å². The van der Waals surface area contributed by atoms with Gasteiger partial charge in [0.2, 0.25) is 0 Å². The molecule has 6 aliphatic rings. The van der Waals surface area contributed by atoms with Crippen LogP contribution in [0.3, 0.4) is 0 Å². The number of hydrogen-bond acceptors (Lipinski definition) is 6. The first-order valence-corrected chi connectivity index (χ1v) is 12.1. The summed E-state index contributed by atoms with van der Waals surface area (Å²) >= 11 is 0. The van der Waals surface area contributed by atoms with E-state index >= 15 is 0 Å². The van der Waals surface area contributed by atoms with E-state index in [1.165, 1.54) is 0 Å². The maximum atomic E-state index is 12.1. The van der Waals surface area contributed by atoms with Gasteiger partial charge in [-0.25, -0.2) is 0 Å². The van der Waals surface area contributed by atoms with Crippen molar-refractivity contribution < 1.29 is 24.4 Å². The van der Waals surface area contributed by atoms with Crippen molar-refractivity contribution >= 4 is 0 Å². The van der Waals surface area contributed by atoms with Crippen LogP contribution in [0, 0.1) is 40.4 Å². The lowest BCUT2D eigenvalue weighted by Gasteiger charge is -2.69. The second kappa shape index (κ2) is 6.21. The molecule has 5 aliphatic carbocycles. The first kappa shape index (κ1) is 20.4. The van der Waals surface area contributed by atoms with Crippen LogP contribution in [0.1, 0.15) is 39.5 Å². The summed E-state index contributed by atoms with van der Waals surface area (Å²) in [5.41, 5.74) is -0.584. The van der Waals surface area contributed by atoms with Crippen LogP contribution in [0.15, 0.2) is 0 Å². The molecular weight excluding hydrogens is 382 g/mol. The second-order valence-electron chi connectivity index (χ2n) is 11.6. The molecule has 6 heteroatoms. The highest BCUT2D eigenvalue weighted by Crippen LogP contribution is 2.79. The molecule has 1 spiro atoms. The summed E-state index contributed by atoms with van der Waals surface area (Å²) in [6.07, 6.45) is 3.12. The van der Waals surface area contributed by atoms with E-state index < -0.39 is 17.8 Å². The van der Waals surface area contributed by atoms with Crippen molar-refractivity contribution in [1.82, 2.24) is 4.90 Å². The van der Waals surface area contributed by atoms with Gasteiger partial charge in [0.05, 0.1) is 30.0 Å². The normalized spacial score (nSPS) is 63.3. The Morgan fingerprint density at radius 3 is 2.47 bits per heavy atom. The summed E-state index contributed by atoms with van der Waals surface area (Å²) in [5, 5.41) is 23.7. The van der Waals surface area contributed by atoms with Gasteiger partial charge in [0.1, 0.15) is 0 Å². The summed E-state index contributed by atoms with van der Waals surface area (Å²) in [6, 6.07) is 0.239. The quantitative estimate of drug-likeness (QED) is 0.717. The van der Waals surface area contributed by atoms with Crippen LogP contribution in [0.5, 0.6) is 0 Å². The molecule has 5 saturated carbocycles. The van der Waals surface area contributed by atoms with Gasteiger partial charge in [0, 0.05) is 69.4 Å². The van der Waals surface area contributed by atoms with E-state index in [0.29, 0.717) is 5.92 Å². The lowest BCUT2D eigenvalue weighted by molar-refractivity contribution is -0.276. The van der Waals surface area contributed by atoms with E-state index in [1.807, 2.05) is 7.11 Å². The third kappa shape index (κ3) is 1.88. The number of ether oxygens (including phenoxy) is 3. The van der Waals surface area contributed by atoms with Crippen molar-refractivity contribution in [2.24, 2.45) is 40.4 Å². The number of nitrogens with zero attached hydrogens (tertiary/aromatic N) is 1. The van der Waals surface area contributed by atoms with Crippen LogP contribution in [0.2, 0.25) is 0 Å². The van der Waals surface area contributed by atoms with Crippen LogP contribution in [-0.4, -0.2) is 85.6 Å². The zero-order valence-corrected chi connectivity index (χ0v) is 19.1. The molecule has 0 aromatic rings. The summed E-state index contributed by atoms with van der Waals surface area (Å²) in [4.78, 5) is 2.65. The topological polar surface area (TPSA) is 71.4 Å². The molecule has 1 saturated heterocycles. The molecule has 170 valence electrons. The highest BCUT2D eigenvalue weighted by Gasteiger charge is 2.86. The Balaban J connectivity index is 1.64. The zero-order chi connectivity index (χ0) is 21.2. The molecule has 7 bridgehead atoms. The van der Waals surface area contributed by atoms with Gasteiger partial charge < -0.3 is 24.4 Å². The molecule has 13 atom stereocenters. The van der Waals surface area contributed by atoms with E-state index in [-0.39, 0.29) is 52.8 Å². The predicted octanol–water partition coefficient (Wildman–Crippen LogP) is 1.53. The standard InChI is InChI=1S/C24H39NO5/c1-6-25-11-22(2)8-7-15(29-4)24-13-9-12-14(28-3)10-23(30-5,16(13)18(12)26)17(21(24)25)19(27)20(22)24/h12-21,26-27H,6-11H2,1-5H3/t12-,13-,14+,15-,16-,17-,18-,19-,20+,21+,22-,23-,24-/m1/s1. The van der Waals surface area contributed by atoms with Gasteiger partial charge in [-0.15, -0.1) is 0 Å². The number of aliphatic hydroxyl groups is 2. The third-order valence-corrected chi connectivity index (χ3v) is 11.3. The molecule has 0 unspecified atom stereocenters. The lowest BCUT2D eigenvalue weighted by atomic mass is 9.43. The molecule has 6 fully saturated rings. The van der Waals surface area contributed by atoms with Crippen molar-refractivity contribution in [3.8, 4) is 0 Å². The van der Waals surface area contributed by atoms with E-state index in [2.05, 4.69) is 18.7 Å². The Kier molecular flexibility index (Phi) is 4.21. The number of aliphatic hydroxyl groups excluding tert-OH is 2. The summed E-state index contributed by atoms with van der Waals surface area (Å²) in [6.45, 7) is 6.69. The number of piperidine rings is 1. The Labute approximate surface area is 180 Å². The number of hydrogen-bond donors (Lipinski definition) is 2. The van der Waals surface area contributed by atoms with Crippen molar-refractivity contribution in [2.45, 2.75) is 75.6 Å². The van der Waals surface area contributed by atoms with Crippen LogP contribution in [0.4, 0.5) is 0 Å². The molecule has 0 aromatic heterocycles. The van der Waals surface area contributed by atoms with Crippen molar-refractivity contribution in [1.29, 1.82) is 0 Å². The van der Waals surface area contributed by atoms with Gasteiger partial charge in [-0.3, -0.25) is 4.90 Å². The minimum Gasteiger partial charge on any atom is -0.392 e. The highest BCUT2D eigenvalue weighted by atomic mass is 16.5. The molecule has 0 aromatic carbocycles. The average molecular weight is 422 g/mol. The highest BCUT2D eigenvalue weighted by molar-refractivity contribution is 5.35. The Morgan fingerprint density at radius 1 is 1.07 bits per heavy atom. The number of rotatable bonds is 4. The maximum absolute atomic E-state index is 12.1. The average Bonchev–Trinajstić information content (AvgIpc) is 3.11. The zero-order valence-electron chi connectivity index (χ0n) is 19.1. The van der Waals surface area contributed by atoms with Crippen LogP contribution < -0.4 is 0 Å². The molecular formula is C24H39NO5. The van der Waals surface area contributed by atoms with Crippen molar-refractivity contribution in [2.75, 3.05) is 34.4 Å². The monoisotopic (exact) mass is 421 g/mol. The molecule has 0 radical (unpaired) electrons. The Hall–Kier alpha value is -0.240. The number of likely N-dealkylation sites (tertiary alicyclic amines) is 1. The van der Waals surface area contributed by atoms with Gasteiger partial charge in [-0.1, -0.05) is 13.8 Å². The Bertz CT molecular complexity index is 734. The molecule has 30 heavy (non-hydrogen) atoms. The summed E-state index contributed by atoms with van der Waals surface area (Å²) in [5.74, 6) is 0.686. The van der Waals surface area contributed by atoms with Gasteiger partial charge in [0.25, 0.3) is 0 Å². The Morgan fingerprint density at radius 2 is 1.83 bits per heavy atom. The molecule has 0 amide bonds. The van der Waals surface area contributed by atoms with Crippen molar-refractivity contribution in [3.05, 3.63) is 0 Å². The molecule has 6 rings (SSSR count). The summed E-state index contributed by atoms with van der Waals surface area (Å²) < 4.78 is 18.7. The van der Waals surface area contributed by atoms with E-state index in [0.717, 1.165) is 38.8 Å². The van der Waals surface area contributed by atoms with Gasteiger partial charge in [-0.2, -0.15) is 0 Å². The van der Waals surface area contributed by atoms with Crippen LogP contribution in [-0.2, 0) is 14.2 Å². The SMILES string of the molecule is CCN1C[C@@]2(C)CC[C@@H](OC)[C@]34[C@@H]5C[C@H]6[C@@H](O)[C@@H]5[C@](OC)(C[C@@H]6OC)[C@H]([C@@H](O)[C@@H]23)[C@H]14. The second-order valence-corrected chi connectivity index (χ2v) is 11.6. The van der Waals surface area contributed by atoms with Gasteiger partial charge >= 0.3 is 0 Å². The fourth-order valence-corrected chi connectivity index (χ4v) is 10.8. The maximum Gasteiger partial charge on any atom is 0.0827 e. The molecule has 1 aliphatic heterocycles. The fraction of sp³-hybridized carbons (Fsp3) is 1.00. The third-order valence-electron chi connectivity index (χ3n) is 11.3. The van der Waals surface area contributed by atoms with E-state index in [4.69, 9.17) is 14.2 Å². The van der Waals surface area contributed by atoms with E-state index in [1.54, 1.807) is 14.2 Å². The van der Waals surface area contributed by atoms with Gasteiger partial charge in [-0.05, 0) is 37.1 Å².